The van der Waals surface area contributed by atoms with Crippen molar-refractivity contribution in [1.29, 1.82) is 0 Å². The Bertz CT molecular complexity index is 430. The maximum atomic E-state index is 4.77. The number of piperidine rings is 1. The van der Waals surface area contributed by atoms with E-state index in [1.54, 1.807) is 0 Å². The van der Waals surface area contributed by atoms with E-state index in [1.807, 2.05) is 0 Å². The largest absolute Gasteiger partial charge is 0.354 e. The fourth-order valence-corrected chi connectivity index (χ4v) is 2.99. The van der Waals surface area contributed by atoms with Gasteiger partial charge in [-0.3, -0.25) is 0 Å². The molecular weight excluding hydrogens is 246 g/mol. The molecular formula is C17H29N3. The van der Waals surface area contributed by atoms with E-state index in [9.17, 15) is 0 Å². The second kappa shape index (κ2) is 7.07. The standard InChI is InChI=1S/C17H29N3/c1-5-8-18-11-16-9-14(3)19-17(10-16)20-12-13(2)6-7-15(20)4/h9-10,13,15,18H,5-8,11-12H2,1-4H3. The van der Waals surface area contributed by atoms with Crippen molar-refractivity contribution in [1.82, 2.24) is 10.3 Å². The number of anilines is 1. The van der Waals surface area contributed by atoms with Crippen molar-refractivity contribution < 1.29 is 0 Å². The topological polar surface area (TPSA) is 28.2 Å². The van der Waals surface area contributed by atoms with Crippen LogP contribution < -0.4 is 10.2 Å². The van der Waals surface area contributed by atoms with Gasteiger partial charge in [0, 0.05) is 24.8 Å². The summed E-state index contributed by atoms with van der Waals surface area (Å²) < 4.78 is 0. The van der Waals surface area contributed by atoms with Crippen LogP contribution in [-0.2, 0) is 6.54 Å². The number of hydrogen-bond acceptors (Lipinski definition) is 3. The lowest BCUT2D eigenvalue weighted by Gasteiger charge is -2.38. The smallest absolute Gasteiger partial charge is 0.129 e. The van der Waals surface area contributed by atoms with Gasteiger partial charge in [-0.2, -0.15) is 0 Å². The zero-order valence-corrected chi connectivity index (χ0v) is 13.4. The van der Waals surface area contributed by atoms with E-state index in [1.165, 1.54) is 24.8 Å². The molecule has 1 aromatic rings. The molecule has 0 amide bonds. The molecule has 20 heavy (non-hydrogen) atoms. The van der Waals surface area contributed by atoms with Crippen LogP contribution in [0.3, 0.4) is 0 Å². The maximum Gasteiger partial charge on any atom is 0.129 e. The van der Waals surface area contributed by atoms with Gasteiger partial charge in [-0.15, -0.1) is 0 Å². The molecule has 0 spiro atoms. The van der Waals surface area contributed by atoms with Gasteiger partial charge >= 0.3 is 0 Å². The van der Waals surface area contributed by atoms with Crippen molar-refractivity contribution in [3.8, 4) is 0 Å². The third-order valence-electron chi connectivity index (χ3n) is 4.17. The first-order valence-electron chi connectivity index (χ1n) is 8.05. The third-order valence-corrected chi connectivity index (χ3v) is 4.17. The number of nitrogens with zero attached hydrogens (tertiary/aromatic N) is 2. The number of hydrogen-bond donors (Lipinski definition) is 1. The molecule has 1 N–H and O–H groups in total. The third kappa shape index (κ3) is 3.95. The molecule has 0 aromatic carbocycles. The van der Waals surface area contributed by atoms with Gasteiger partial charge in [-0.25, -0.2) is 4.98 Å². The van der Waals surface area contributed by atoms with Crippen LogP contribution in [0.2, 0.25) is 0 Å². The van der Waals surface area contributed by atoms with Crippen LogP contribution in [0.5, 0.6) is 0 Å². The first-order chi connectivity index (χ1) is 9.60. The summed E-state index contributed by atoms with van der Waals surface area (Å²) in [7, 11) is 0. The summed E-state index contributed by atoms with van der Waals surface area (Å²) in [6.45, 7) is 12.1. The molecule has 1 fully saturated rings. The maximum absolute atomic E-state index is 4.77. The molecule has 0 radical (unpaired) electrons. The summed E-state index contributed by atoms with van der Waals surface area (Å²) in [5.74, 6) is 1.94. The van der Waals surface area contributed by atoms with Crippen molar-refractivity contribution in [2.45, 2.75) is 59.5 Å². The molecule has 2 rings (SSSR count). The van der Waals surface area contributed by atoms with Gasteiger partial charge in [-0.1, -0.05) is 13.8 Å². The van der Waals surface area contributed by atoms with Crippen LogP contribution in [0.4, 0.5) is 5.82 Å². The van der Waals surface area contributed by atoms with Crippen molar-refractivity contribution in [3.63, 3.8) is 0 Å². The lowest BCUT2D eigenvalue weighted by atomic mass is 9.95. The van der Waals surface area contributed by atoms with E-state index in [-0.39, 0.29) is 0 Å². The molecule has 0 bridgehead atoms. The number of aryl methyl sites for hydroxylation is 1. The van der Waals surface area contributed by atoms with Gasteiger partial charge in [-0.05, 0) is 63.3 Å². The number of pyridine rings is 1. The van der Waals surface area contributed by atoms with Gasteiger partial charge in [0.2, 0.25) is 0 Å². The first-order valence-corrected chi connectivity index (χ1v) is 8.05. The summed E-state index contributed by atoms with van der Waals surface area (Å²) >= 11 is 0. The van der Waals surface area contributed by atoms with Crippen LogP contribution in [0.1, 0.15) is 51.3 Å². The van der Waals surface area contributed by atoms with Gasteiger partial charge < -0.3 is 10.2 Å². The molecule has 0 saturated carbocycles. The lowest BCUT2D eigenvalue weighted by molar-refractivity contribution is 0.388. The summed E-state index contributed by atoms with van der Waals surface area (Å²) in [5.41, 5.74) is 2.48. The van der Waals surface area contributed by atoms with Gasteiger partial charge in [0.25, 0.3) is 0 Å². The minimum atomic E-state index is 0.608. The zero-order valence-electron chi connectivity index (χ0n) is 13.4. The molecule has 1 aromatic heterocycles. The summed E-state index contributed by atoms with van der Waals surface area (Å²) in [5, 5.41) is 3.48. The monoisotopic (exact) mass is 275 g/mol. The zero-order chi connectivity index (χ0) is 14.5. The highest BCUT2D eigenvalue weighted by atomic mass is 15.2. The van der Waals surface area contributed by atoms with Crippen molar-refractivity contribution >= 4 is 5.82 Å². The highest BCUT2D eigenvalue weighted by Crippen LogP contribution is 2.27. The fourth-order valence-electron chi connectivity index (χ4n) is 2.99. The molecule has 1 aliphatic heterocycles. The first kappa shape index (κ1) is 15.3. The Hall–Kier alpha value is -1.09. The molecule has 2 unspecified atom stereocenters. The SMILES string of the molecule is CCCNCc1cc(C)nc(N2CC(C)CCC2C)c1. The minimum Gasteiger partial charge on any atom is -0.354 e. The Labute approximate surface area is 123 Å². The molecule has 1 aliphatic rings. The number of aromatic nitrogens is 1. The Balaban J connectivity index is 2.13. The van der Waals surface area contributed by atoms with Gasteiger partial charge in [0.15, 0.2) is 0 Å². The van der Waals surface area contributed by atoms with Crippen LogP contribution >= 0.6 is 0 Å². The lowest BCUT2D eigenvalue weighted by Crippen LogP contribution is -2.41. The molecule has 112 valence electrons. The fraction of sp³-hybridized carbons (Fsp3) is 0.706. The summed E-state index contributed by atoms with van der Waals surface area (Å²) in [4.78, 5) is 7.26. The van der Waals surface area contributed by atoms with E-state index >= 15 is 0 Å². The van der Waals surface area contributed by atoms with Crippen LogP contribution in [0, 0.1) is 12.8 Å². The second-order valence-corrected chi connectivity index (χ2v) is 6.34. The molecule has 3 heteroatoms. The highest BCUT2D eigenvalue weighted by molar-refractivity contribution is 5.44. The van der Waals surface area contributed by atoms with E-state index in [4.69, 9.17) is 4.98 Å². The molecule has 1 saturated heterocycles. The predicted molar refractivity (Wildman–Crippen MR) is 86.2 cm³/mol. The Morgan fingerprint density at radius 3 is 2.85 bits per heavy atom. The molecule has 2 heterocycles. The van der Waals surface area contributed by atoms with Crippen molar-refractivity contribution in [3.05, 3.63) is 23.4 Å². The minimum absolute atomic E-state index is 0.608. The molecule has 2 atom stereocenters. The van der Waals surface area contributed by atoms with E-state index in [0.717, 1.165) is 37.1 Å². The number of nitrogens with one attached hydrogen (secondary N) is 1. The van der Waals surface area contributed by atoms with Crippen LogP contribution in [0.15, 0.2) is 12.1 Å². The normalized spacial score (nSPS) is 23.1. The van der Waals surface area contributed by atoms with E-state index in [2.05, 4.69) is 50.0 Å². The molecule has 0 aliphatic carbocycles. The van der Waals surface area contributed by atoms with E-state index < -0.39 is 0 Å². The van der Waals surface area contributed by atoms with Crippen LogP contribution in [0.25, 0.3) is 0 Å². The van der Waals surface area contributed by atoms with E-state index in [0.29, 0.717) is 6.04 Å². The van der Waals surface area contributed by atoms with Crippen molar-refractivity contribution in [2.75, 3.05) is 18.0 Å². The van der Waals surface area contributed by atoms with Gasteiger partial charge in [0.05, 0.1) is 0 Å². The second-order valence-electron chi connectivity index (χ2n) is 6.34. The Kier molecular flexibility index (Phi) is 5.41. The summed E-state index contributed by atoms with van der Waals surface area (Å²) in [6.07, 6.45) is 3.80. The quantitative estimate of drug-likeness (QED) is 0.833. The predicted octanol–water partition coefficient (Wildman–Crippen LogP) is 3.51. The Morgan fingerprint density at radius 2 is 2.10 bits per heavy atom. The average molecular weight is 275 g/mol. The Morgan fingerprint density at radius 1 is 1.30 bits per heavy atom. The average Bonchev–Trinajstić information content (AvgIpc) is 2.41. The summed E-state index contributed by atoms with van der Waals surface area (Å²) in [6, 6.07) is 5.07. The van der Waals surface area contributed by atoms with Crippen molar-refractivity contribution in [2.24, 2.45) is 5.92 Å². The molecule has 3 nitrogen and oxygen atoms in total. The van der Waals surface area contributed by atoms with Gasteiger partial charge in [0.1, 0.15) is 5.82 Å². The number of rotatable bonds is 5. The van der Waals surface area contributed by atoms with Crippen LogP contribution in [-0.4, -0.2) is 24.1 Å². The highest BCUT2D eigenvalue weighted by Gasteiger charge is 2.24.